The molecule has 0 aliphatic carbocycles. The van der Waals surface area contributed by atoms with Gasteiger partial charge in [-0.25, -0.2) is 0 Å². The Bertz CT molecular complexity index is 1430. The molecule has 0 saturated carbocycles. The Labute approximate surface area is 222 Å². The van der Waals surface area contributed by atoms with Crippen LogP contribution in [0.4, 0.5) is 8.78 Å². The van der Waals surface area contributed by atoms with Crippen LogP contribution < -0.4 is 0 Å². The van der Waals surface area contributed by atoms with Crippen LogP contribution in [0.5, 0.6) is 0 Å². The van der Waals surface area contributed by atoms with Crippen molar-refractivity contribution in [3.8, 4) is 0 Å². The van der Waals surface area contributed by atoms with E-state index in [4.69, 9.17) is 0 Å². The topological polar surface area (TPSA) is 74.6 Å². The number of Topliss-reactive ketones (excluding diaryl/α,β-unsaturated/α-hetero) is 1. The van der Waals surface area contributed by atoms with Crippen molar-refractivity contribution in [1.82, 2.24) is 0 Å². The molecule has 0 saturated heterocycles. The summed E-state index contributed by atoms with van der Waals surface area (Å²) in [6.07, 6.45) is 0.517. The van der Waals surface area contributed by atoms with E-state index in [2.05, 4.69) is 15.9 Å². The van der Waals surface area contributed by atoms with Crippen molar-refractivity contribution in [3.63, 3.8) is 0 Å². The third-order valence-corrected chi connectivity index (χ3v) is 8.00. The average molecular weight is 585 g/mol. The highest BCUT2D eigenvalue weighted by Crippen LogP contribution is 2.60. The molecule has 0 heterocycles. The van der Waals surface area contributed by atoms with Crippen LogP contribution in [-0.4, -0.2) is 15.6 Å². The van der Waals surface area contributed by atoms with Gasteiger partial charge in [-0.05, 0) is 35.6 Å². The van der Waals surface area contributed by atoms with Crippen LogP contribution in [-0.2, 0) is 28.5 Å². The molecule has 4 aromatic carbocycles. The van der Waals surface area contributed by atoms with E-state index >= 15 is 0 Å². The molecule has 0 aliphatic heterocycles. The van der Waals surface area contributed by atoms with Gasteiger partial charge in [0.25, 0.3) is 0 Å². The molecular weight excluding hydrogens is 561 g/mol. The van der Waals surface area contributed by atoms with Gasteiger partial charge in [0.05, 0.1) is 5.41 Å². The van der Waals surface area contributed by atoms with E-state index in [1.54, 1.807) is 24.3 Å². The summed E-state index contributed by atoms with van der Waals surface area (Å²) in [5.41, 5.74) is -3.48. The summed E-state index contributed by atoms with van der Waals surface area (Å²) in [7, 11) is -5.74. The minimum absolute atomic E-state index is 0.121. The molecule has 8 heteroatoms. The summed E-state index contributed by atoms with van der Waals surface area (Å²) in [5, 5.41) is 0. The average Bonchev–Trinajstić information content (AvgIpc) is 2.88. The molecule has 0 aliphatic rings. The zero-order valence-electron chi connectivity index (χ0n) is 19.6. The van der Waals surface area contributed by atoms with E-state index < -0.39 is 24.2 Å². The minimum atomic E-state index is -5.74. The molecule has 190 valence electrons. The van der Waals surface area contributed by atoms with Crippen LogP contribution in [0.25, 0.3) is 0 Å². The Balaban J connectivity index is 1.88. The van der Waals surface area contributed by atoms with Gasteiger partial charge in [-0.2, -0.15) is 8.78 Å². The van der Waals surface area contributed by atoms with Gasteiger partial charge < -0.3 is 9.79 Å². The highest BCUT2D eigenvalue weighted by atomic mass is 79.9. The molecule has 4 nitrogen and oxygen atoms in total. The van der Waals surface area contributed by atoms with Crippen LogP contribution in [0, 0.1) is 0 Å². The maximum atomic E-state index is 14.4. The molecule has 0 amide bonds. The zero-order chi connectivity index (χ0) is 26.7. The van der Waals surface area contributed by atoms with Crippen molar-refractivity contribution in [2.45, 2.75) is 23.9 Å². The Morgan fingerprint density at radius 1 is 0.757 bits per heavy atom. The lowest BCUT2D eigenvalue weighted by Crippen LogP contribution is -2.40. The van der Waals surface area contributed by atoms with Gasteiger partial charge in [0.1, 0.15) is 0 Å². The number of hydrogen-bond donors (Lipinski definition) is 2. The molecule has 1 unspecified atom stereocenters. The summed E-state index contributed by atoms with van der Waals surface area (Å²) in [5.74, 6) is -0.121. The van der Waals surface area contributed by atoms with Gasteiger partial charge >= 0.3 is 13.3 Å². The lowest BCUT2D eigenvalue weighted by atomic mass is 9.67. The highest BCUT2D eigenvalue weighted by Gasteiger charge is 2.51. The second-order valence-corrected chi connectivity index (χ2v) is 11.4. The fourth-order valence-electron chi connectivity index (χ4n) is 4.54. The lowest BCUT2D eigenvalue weighted by Gasteiger charge is -2.34. The van der Waals surface area contributed by atoms with Gasteiger partial charge in [-0.15, -0.1) is 0 Å². The predicted molar refractivity (Wildman–Crippen MR) is 143 cm³/mol. The number of hydrogen-bond acceptors (Lipinski definition) is 2. The normalized spacial score (nSPS) is 13.6. The van der Waals surface area contributed by atoms with E-state index in [1.165, 1.54) is 12.1 Å². The molecule has 0 fully saturated rings. The molecule has 0 bridgehead atoms. The van der Waals surface area contributed by atoms with Gasteiger partial charge in [-0.1, -0.05) is 119 Å². The van der Waals surface area contributed by atoms with Gasteiger partial charge in [0.2, 0.25) is 0 Å². The smallest absolute Gasteiger partial charge is 0.320 e. The number of alkyl halides is 2. The lowest BCUT2D eigenvalue weighted by molar-refractivity contribution is 0.0557. The maximum Gasteiger partial charge on any atom is 0.399 e. The first-order valence-electron chi connectivity index (χ1n) is 11.5. The van der Waals surface area contributed by atoms with E-state index in [1.807, 2.05) is 66.7 Å². The fourth-order valence-corrected chi connectivity index (χ4v) is 5.88. The van der Waals surface area contributed by atoms with Gasteiger partial charge in [0, 0.05) is 15.6 Å². The van der Waals surface area contributed by atoms with Crippen molar-refractivity contribution < 1.29 is 27.9 Å². The largest absolute Gasteiger partial charge is 0.399 e. The molecule has 37 heavy (non-hydrogen) atoms. The van der Waals surface area contributed by atoms with Crippen LogP contribution in [0.2, 0.25) is 0 Å². The molecule has 1 atom stereocenters. The van der Waals surface area contributed by atoms with E-state index in [0.717, 1.165) is 17.2 Å². The minimum Gasteiger partial charge on any atom is -0.320 e. The van der Waals surface area contributed by atoms with E-state index in [9.17, 15) is 27.9 Å². The van der Waals surface area contributed by atoms with Crippen molar-refractivity contribution >= 4 is 29.3 Å². The van der Waals surface area contributed by atoms with Gasteiger partial charge in [-0.3, -0.25) is 9.36 Å². The van der Waals surface area contributed by atoms with Gasteiger partial charge in [0.15, 0.2) is 5.78 Å². The summed E-state index contributed by atoms with van der Waals surface area (Å²) in [6.45, 7) is 0. The number of carbonyl (C=O) groups excluding carboxylic acids is 1. The first-order valence-corrected chi connectivity index (χ1v) is 13.9. The number of ketones is 1. The molecule has 0 spiro atoms. The van der Waals surface area contributed by atoms with Crippen LogP contribution >= 0.6 is 23.5 Å². The summed E-state index contributed by atoms with van der Waals surface area (Å²) >= 11 is 3.08. The van der Waals surface area contributed by atoms with Crippen molar-refractivity contribution in [2.24, 2.45) is 0 Å². The fraction of sp³-hybridized carbons (Fsp3) is 0.138. The molecule has 2 N–H and O–H groups in total. The molecular formula is C29H24BrF2O4P. The van der Waals surface area contributed by atoms with Crippen LogP contribution in [0.1, 0.15) is 32.6 Å². The third-order valence-electron chi connectivity index (χ3n) is 6.38. The Morgan fingerprint density at radius 3 is 1.81 bits per heavy atom. The predicted octanol–water partition coefficient (Wildman–Crippen LogP) is 7.28. The second-order valence-electron chi connectivity index (χ2n) is 8.88. The van der Waals surface area contributed by atoms with E-state index in [0.29, 0.717) is 17.5 Å². The molecule has 0 aromatic heterocycles. The molecule has 4 rings (SSSR count). The molecule has 4 aromatic rings. The van der Waals surface area contributed by atoms with Crippen LogP contribution in [0.15, 0.2) is 114 Å². The summed E-state index contributed by atoms with van der Waals surface area (Å²) < 4.78 is 40.2. The summed E-state index contributed by atoms with van der Waals surface area (Å²) in [6, 6.07) is 31.6. The highest BCUT2D eigenvalue weighted by molar-refractivity contribution is 9.10. The standard InChI is InChI=1S/C29H24BrF2O4P/c30-26-18-22(16-17-25(26)29(31,32)37(34,35)36)20-28(24-14-8-3-9-15-24,19-21-10-4-1-5-11-21)27(33)23-12-6-2-7-13-23/h1-18H,19-20H2,(H2,34,35,36). The van der Waals surface area contributed by atoms with Crippen LogP contribution in [0.3, 0.4) is 0 Å². The van der Waals surface area contributed by atoms with Crippen molar-refractivity contribution in [1.29, 1.82) is 0 Å². The Kier molecular flexibility index (Phi) is 7.91. The Morgan fingerprint density at radius 2 is 1.27 bits per heavy atom. The zero-order valence-corrected chi connectivity index (χ0v) is 22.1. The quantitative estimate of drug-likeness (QED) is 0.160. The number of halogens is 3. The van der Waals surface area contributed by atoms with E-state index in [-0.39, 0.29) is 16.7 Å². The monoisotopic (exact) mass is 584 g/mol. The SMILES string of the molecule is O=C(c1ccccc1)C(Cc1ccccc1)(Cc1ccc(C(F)(F)P(=O)(O)O)c(Br)c1)c1ccccc1. The second kappa shape index (κ2) is 10.8. The number of rotatable bonds is 9. The van der Waals surface area contributed by atoms with Crippen molar-refractivity contribution in [3.05, 3.63) is 141 Å². The maximum absolute atomic E-state index is 14.4. The number of benzene rings is 4. The first kappa shape index (κ1) is 27.1. The first-order chi connectivity index (χ1) is 17.5. The molecule has 0 radical (unpaired) electrons. The third kappa shape index (κ3) is 5.65. The van der Waals surface area contributed by atoms with Crippen molar-refractivity contribution in [2.75, 3.05) is 0 Å². The Hall–Kier alpha value is -2.96. The number of carbonyl (C=O) groups is 1. The summed E-state index contributed by atoms with van der Waals surface area (Å²) in [4.78, 5) is 32.7.